The van der Waals surface area contributed by atoms with Crippen LogP contribution in [0.25, 0.3) is 11.3 Å². The van der Waals surface area contributed by atoms with Crippen LogP contribution >= 0.6 is 11.6 Å². The van der Waals surface area contributed by atoms with Crippen LogP contribution in [0.15, 0.2) is 60.7 Å². The predicted molar refractivity (Wildman–Crippen MR) is 169 cm³/mol. The normalized spacial score (nSPS) is 12.6. The highest BCUT2D eigenvalue weighted by molar-refractivity contribution is 6.34. The maximum Gasteiger partial charge on any atom is 0.271 e. The monoisotopic (exact) mass is 633 g/mol. The van der Waals surface area contributed by atoms with Crippen molar-refractivity contribution < 1.29 is 24.3 Å². The molecule has 45 heavy (non-hydrogen) atoms. The molecule has 0 spiro atoms. The van der Waals surface area contributed by atoms with E-state index in [1.165, 1.54) is 23.9 Å². The SMILES string of the molecule is COc1ccccc1-c1nnn(C)c1C(=O)NCCNc1cc(NC(=O)c2ccc(N3CCCC3=O)cc2)c(N([O-])O)cc1Cl. The van der Waals surface area contributed by atoms with E-state index in [1.54, 1.807) is 54.4 Å². The number of anilines is 4. The second-order valence-corrected chi connectivity index (χ2v) is 10.5. The van der Waals surface area contributed by atoms with E-state index in [0.29, 0.717) is 41.3 Å². The average molecular weight is 634 g/mol. The lowest BCUT2D eigenvalue weighted by atomic mass is 10.1. The predicted octanol–water partition coefficient (Wildman–Crippen LogP) is 4.06. The Morgan fingerprint density at radius 2 is 1.84 bits per heavy atom. The molecule has 0 atom stereocenters. The van der Waals surface area contributed by atoms with Gasteiger partial charge in [-0.2, -0.15) is 0 Å². The fourth-order valence-electron chi connectivity index (χ4n) is 4.96. The number of nitrogens with one attached hydrogen (secondary N) is 3. The van der Waals surface area contributed by atoms with Crippen molar-refractivity contribution in [3.05, 3.63) is 82.2 Å². The molecule has 15 heteroatoms. The minimum atomic E-state index is -0.548. The van der Waals surface area contributed by atoms with Gasteiger partial charge in [-0.05, 0) is 55.0 Å². The van der Waals surface area contributed by atoms with Crippen molar-refractivity contribution in [2.24, 2.45) is 7.05 Å². The second-order valence-electron chi connectivity index (χ2n) is 10.1. The highest BCUT2D eigenvalue weighted by atomic mass is 35.5. The number of hydrogen-bond donors (Lipinski definition) is 4. The number of ether oxygens (including phenoxy) is 1. The molecule has 1 saturated heterocycles. The van der Waals surface area contributed by atoms with E-state index >= 15 is 0 Å². The zero-order valence-corrected chi connectivity index (χ0v) is 25.2. The van der Waals surface area contributed by atoms with Crippen LogP contribution in [0.2, 0.25) is 5.02 Å². The number of benzene rings is 3. The molecule has 0 radical (unpaired) electrons. The summed E-state index contributed by atoms with van der Waals surface area (Å²) in [6.07, 6.45) is 1.27. The number of aryl methyl sites for hydroxylation is 1. The Morgan fingerprint density at radius 1 is 1.09 bits per heavy atom. The number of para-hydroxylation sites is 1. The van der Waals surface area contributed by atoms with Gasteiger partial charge in [0.1, 0.15) is 11.4 Å². The molecule has 0 unspecified atom stereocenters. The van der Waals surface area contributed by atoms with Crippen molar-refractivity contribution in [3.8, 4) is 17.0 Å². The maximum atomic E-state index is 13.1. The van der Waals surface area contributed by atoms with E-state index in [9.17, 15) is 24.8 Å². The molecule has 4 N–H and O–H groups in total. The quantitative estimate of drug-likeness (QED) is 0.139. The summed E-state index contributed by atoms with van der Waals surface area (Å²) in [5, 5.41) is 37.8. The smallest absolute Gasteiger partial charge is 0.271 e. The highest BCUT2D eigenvalue weighted by Crippen LogP contribution is 2.35. The minimum Gasteiger partial charge on any atom is -0.733 e. The number of nitrogens with zero attached hydrogens (tertiary/aromatic N) is 5. The number of rotatable bonds is 11. The van der Waals surface area contributed by atoms with Gasteiger partial charge in [-0.25, -0.2) is 4.68 Å². The van der Waals surface area contributed by atoms with Crippen LogP contribution in [0.4, 0.5) is 22.7 Å². The first-order chi connectivity index (χ1) is 21.7. The van der Waals surface area contributed by atoms with E-state index in [-0.39, 0.29) is 46.7 Å². The van der Waals surface area contributed by atoms with Gasteiger partial charge in [-0.15, -0.1) is 5.10 Å². The van der Waals surface area contributed by atoms with Crippen LogP contribution in [0.3, 0.4) is 0 Å². The van der Waals surface area contributed by atoms with Gasteiger partial charge >= 0.3 is 0 Å². The van der Waals surface area contributed by atoms with Gasteiger partial charge in [0.15, 0.2) is 5.69 Å². The fraction of sp³-hybridized carbons (Fsp3) is 0.233. The van der Waals surface area contributed by atoms with E-state index in [4.69, 9.17) is 16.3 Å². The van der Waals surface area contributed by atoms with E-state index in [1.807, 2.05) is 6.07 Å². The molecule has 1 fully saturated rings. The Bertz CT molecular complexity index is 1730. The number of carbonyl (C=O) groups excluding carboxylic acids is 3. The van der Waals surface area contributed by atoms with Crippen LogP contribution in [0, 0.1) is 5.21 Å². The summed E-state index contributed by atoms with van der Waals surface area (Å²) < 4.78 is 6.78. The molecule has 0 aliphatic carbocycles. The number of hydrogen-bond acceptors (Lipinski definition) is 10. The third-order valence-corrected chi connectivity index (χ3v) is 7.50. The average Bonchev–Trinajstić information content (AvgIpc) is 3.65. The zero-order chi connectivity index (χ0) is 32.1. The lowest BCUT2D eigenvalue weighted by Crippen LogP contribution is -2.30. The van der Waals surface area contributed by atoms with Gasteiger partial charge in [0, 0.05) is 49.9 Å². The van der Waals surface area contributed by atoms with Crippen LogP contribution in [0.5, 0.6) is 5.75 Å². The van der Waals surface area contributed by atoms with Crippen molar-refractivity contribution in [3.63, 3.8) is 0 Å². The molecule has 3 aromatic carbocycles. The number of aromatic nitrogens is 3. The Morgan fingerprint density at radius 3 is 2.53 bits per heavy atom. The van der Waals surface area contributed by atoms with Crippen molar-refractivity contribution in [1.29, 1.82) is 0 Å². The Balaban J connectivity index is 1.24. The Hall–Kier alpha value is -5.18. The number of carbonyl (C=O) groups is 3. The third-order valence-electron chi connectivity index (χ3n) is 7.18. The molecule has 5 rings (SSSR count). The molecule has 1 aliphatic rings. The molecule has 2 heterocycles. The Labute approximate surface area is 263 Å². The van der Waals surface area contributed by atoms with Crippen molar-refractivity contribution in [1.82, 2.24) is 20.3 Å². The topological polar surface area (TPSA) is 177 Å². The van der Waals surface area contributed by atoms with Gasteiger partial charge in [-0.1, -0.05) is 28.9 Å². The summed E-state index contributed by atoms with van der Waals surface area (Å²) in [5.41, 5.74) is 2.25. The van der Waals surface area contributed by atoms with Crippen LogP contribution in [0.1, 0.15) is 33.7 Å². The van der Waals surface area contributed by atoms with Crippen LogP contribution in [-0.4, -0.2) is 64.7 Å². The first-order valence-electron chi connectivity index (χ1n) is 13.9. The Kier molecular flexibility index (Phi) is 9.47. The lowest BCUT2D eigenvalue weighted by molar-refractivity contribution is -0.117. The molecular formula is C30H30ClN8O6-. The summed E-state index contributed by atoms with van der Waals surface area (Å²) in [5.74, 6) is -0.386. The molecular weight excluding hydrogens is 604 g/mol. The summed E-state index contributed by atoms with van der Waals surface area (Å²) >= 11 is 6.35. The third kappa shape index (κ3) is 6.82. The van der Waals surface area contributed by atoms with E-state index in [2.05, 4.69) is 26.3 Å². The molecule has 234 valence electrons. The number of methoxy groups -OCH3 is 1. The van der Waals surface area contributed by atoms with E-state index in [0.717, 1.165) is 6.42 Å². The van der Waals surface area contributed by atoms with Crippen LogP contribution < -0.4 is 30.8 Å². The second kappa shape index (κ2) is 13.6. The van der Waals surface area contributed by atoms with Gasteiger partial charge in [0.25, 0.3) is 11.8 Å². The fourth-order valence-corrected chi connectivity index (χ4v) is 5.18. The van der Waals surface area contributed by atoms with E-state index < -0.39 is 17.0 Å². The van der Waals surface area contributed by atoms with Crippen molar-refractivity contribution in [2.75, 3.05) is 47.5 Å². The number of halogens is 1. The van der Waals surface area contributed by atoms with Gasteiger partial charge in [0.05, 0.1) is 29.2 Å². The summed E-state index contributed by atoms with van der Waals surface area (Å²) in [6, 6.07) is 16.3. The molecule has 1 aromatic heterocycles. The van der Waals surface area contributed by atoms with Crippen molar-refractivity contribution in [2.45, 2.75) is 12.8 Å². The van der Waals surface area contributed by atoms with Crippen LogP contribution in [-0.2, 0) is 11.8 Å². The summed E-state index contributed by atoms with van der Waals surface area (Å²) in [7, 11) is 3.14. The summed E-state index contributed by atoms with van der Waals surface area (Å²) in [6.45, 7) is 0.997. The first kappa shape index (κ1) is 31.3. The van der Waals surface area contributed by atoms with Gasteiger partial charge < -0.3 is 36.0 Å². The summed E-state index contributed by atoms with van der Waals surface area (Å²) in [4.78, 5) is 39.8. The standard InChI is InChI=1S/C30H30ClN8O6/c1-37-28(27(35-36-37)20-6-3-4-7-25(20)45-2)30(42)33-14-13-32-22-17-23(24(39(43)44)16-21(22)31)34-29(41)18-9-11-19(12-10-18)38-15-5-8-26(38)40/h3-4,6-7,9-12,16-17,32,43H,5,8,13-15H2,1-2H3,(H,33,42)(H,34,41)/q-1. The molecule has 1 aliphatic heterocycles. The molecule has 14 nitrogen and oxygen atoms in total. The molecule has 0 saturated carbocycles. The van der Waals surface area contributed by atoms with Gasteiger partial charge in [0.2, 0.25) is 5.91 Å². The maximum absolute atomic E-state index is 13.1. The molecule has 3 amide bonds. The molecule has 0 bridgehead atoms. The minimum absolute atomic E-state index is 0.00496. The van der Waals surface area contributed by atoms with Gasteiger partial charge in [-0.3, -0.25) is 19.6 Å². The lowest BCUT2D eigenvalue weighted by Gasteiger charge is -2.26. The molecule has 4 aromatic rings. The zero-order valence-electron chi connectivity index (χ0n) is 24.4. The number of amides is 3. The largest absolute Gasteiger partial charge is 0.733 e. The highest BCUT2D eigenvalue weighted by Gasteiger charge is 2.23. The van der Waals surface area contributed by atoms with Crippen molar-refractivity contribution >= 4 is 52.1 Å². The first-order valence-corrected chi connectivity index (χ1v) is 14.3.